The maximum Gasteiger partial charge on any atom is 0.341 e. The van der Waals surface area contributed by atoms with E-state index in [0.29, 0.717) is 21.7 Å². The number of nitrogens with one attached hydrogen (secondary N) is 1. The van der Waals surface area contributed by atoms with Crippen molar-refractivity contribution in [2.45, 2.75) is 30.9 Å². The lowest BCUT2D eigenvalue weighted by Gasteiger charge is -2.11. The Balaban J connectivity index is 1.38. The normalized spacial score (nSPS) is 13.4. The van der Waals surface area contributed by atoms with E-state index >= 15 is 0 Å². The standard InChI is InChI=1S/C20H19N3O4S3/c1-26-19(25)17-13-6-2-3-7-14(13)30-18(17)21-15(24)11-29-20-23-22-16(27-20)9-8-12-5-4-10-28-12/h4-5,8-10H,2-3,6-7,11H2,1H3,(H,21,24). The molecule has 0 saturated heterocycles. The van der Waals surface area contributed by atoms with Crippen molar-refractivity contribution in [1.82, 2.24) is 10.2 Å². The van der Waals surface area contributed by atoms with E-state index in [1.165, 1.54) is 18.4 Å². The molecular weight excluding hydrogens is 442 g/mol. The molecule has 3 aromatic rings. The van der Waals surface area contributed by atoms with Crippen LogP contribution in [0.15, 0.2) is 27.2 Å². The van der Waals surface area contributed by atoms with Gasteiger partial charge in [-0.2, -0.15) is 0 Å². The highest BCUT2D eigenvalue weighted by atomic mass is 32.2. The van der Waals surface area contributed by atoms with Gasteiger partial charge < -0.3 is 14.5 Å². The number of hydrogen-bond donors (Lipinski definition) is 1. The van der Waals surface area contributed by atoms with Gasteiger partial charge in [0.05, 0.1) is 18.4 Å². The van der Waals surface area contributed by atoms with E-state index in [0.717, 1.165) is 52.8 Å². The molecule has 0 aromatic carbocycles. The highest BCUT2D eigenvalue weighted by molar-refractivity contribution is 7.99. The lowest BCUT2D eigenvalue weighted by Crippen LogP contribution is -2.16. The van der Waals surface area contributed by atoms with E-state index in [2.05, 4.69) is 15.5 Å². The van der Waals surface area contributed by atoms with Gasteiger partial charge in [0.2, 0.25) is 11.8 Å². The number of carbonyl (C=O) groups excluding carboxylic acids is 2. The predicted octanol–water partition coefficient (Wildman–Crippen LogP) is 4.76. The van der Waals surface area contributed by atoms with Crippen LogP contribution in [0.2, 0.25) is 0 Å². The topological polar surface area (TPSA) is 94.3 Å². The van der Waals surface area contributed by atoms with Crippen LogP contribution < -0.4 is 5.32 Å². The summed E-state index contributed by atoms with van der Waals surface area (Å²) in [7, 11) is 1.36. The minimum atomic E-state index is -0.406. The van der Waals surface area contributed by atoms with Crippen LogP contribution in [0.1, 0.15) is 44.4 Å². The first-order valence-corrected chi connectivity index (χ1v) is 12.0. The van der Waals surface area contributed by atoms with E-state index in [1.54, 1.807) is 17.4 Å². The second kappa shape index (κ2) is 9.59. The number of methoxy groups -OCH3 is 1. The molecule has 0 aliphatic heterocycles. The Morgan fingerprint density at radius 3 is 2.97 bits per heavy atom. The summed E-state index contributed by atoms with van der Waals surface area (Å²) >= 11 is 4.23. The molecule has 0 saturated carbocycles. The quantitative estimate of drug-likeness (QED) is 0.400. The molecule has 1 amide bonds. The number of carbonyl (C=O) groups is 2. The highest BCUT2D eigenvalue weighted by Gasteiger charge is 2.27. The number of nitrogens with zero attached hydrogens (tertiary/aromatic N) is 2. The third kappa shape index (κ3) is 4.82. The molecule has 0 unspecified atom stereocenters. The van der Waals surface area contributed by atoms with E-state index in [1.807, 2.05) is 23.6 Å². The zero-order valence-electron chi connectivity index (χ0n) is 16.2. The Bertz CT molecular complexity index is 1070. The van der Waals surface area contributed by atoms with Crippen molar-refractivity contribution in [1.29, 1.82) is 0 Å². The molecule has 0 radical (unpaired) electrons. The maximum absolute atomic E-state index is 12.5. The molecule has 3 heterocycles. The molecule has 0 spiro atoms. The molecular formula is C20H19N3O4S3. The summed E-state index contributed by atoms with van der Waals surface area (Å²) in [5, 5.41) is 13.6. The van der Waals surface area contributed by atoms with Crippen molar-refractivity contribution < 1.29 is 18.7 Å². The van der Waals surface area contributed by atoms with Crippen LogP contribution in [0, 0.1) is 0 Å². The fourth-order valence-electron chi connectivity index (χ4n) is 3.15. The summed E-state index contributed by atoms with van der Waals surface area (Å²) in [5.74, 6) is -0.168. The van der Waals surface area contributed by atoms with Gasteiger partial charge in [-0.25, -0.2) is 4.79 Å². The summed E-state index contributed by atoms with van der Waals surface area (Å²) < 4.78 is 10.5. The molecule has 10 heteroatoms. The minimum absolute atomic E-state index is 0.0967. The lowest BCUT2D eigenvalue weighted by molar-refractivity contribution is -0.113. The molecule has 4 rings (SSSR count). The zero-order chi connectivity index (χ0) is 20.9. The first-order chi connectivity index (χ1) is 14.6. The van der Waals surface area contributed by atoms with Gasteiger partial charge in [-0.3, -0.25) is 4.79 Å². The van der Waals surface area contributed by atoms with Crippen molar-refractivity contribution in [2.75, 3.05) is 18.2 Å². The Morgan fingerprint density at radius 1 is 1.30 bits per heavy atom. The van der Waals surface area contributed by atoms with Gasteiger partial charge in [0.25, 0.3) is 5.22 Å². The number of anilines is 1. The van der Waals surface area contributed by atoms with Crippen LogP contribution in [0.5, 0.6) is 0 Å². The first-order valence-electron chi connectivity index (χ1n) is 9.34. The fraction of sp³-hybridized carbons (Fsp3) is 0.300. The van der Waals surface area contributed by atoms with Crippen molar-refractivity contribution in [3.05, 3.63) is 44.3 Å². The van der Waals surface area contributed by atoms with Gasteiger partial charge >= 0.3 is 5.97 Å². The number of hydrogen-bond acceptors (Lipinski definition) is 9. The highest BCUT2D eigenvalue weighted by Crippen LogP contribution is 2.38. The molecule has 1 N–H and O–H groups in total. The van der Waals surface area contributed by atoms with Crippen molar-refractivity contribution in [3.63, 3.8) is 0 Å². The Morgan fingerprint density at radius 2 is 2.17 bits per heavy atom. The zero-order valence-corrected chi connectivity index (χ0v) is 18.6. The average molecular weight is 462 g/mol. The summed E-state index contributed by atoms with van der Waals surface area (Å²) in [6.07, 6.45) is 7.53. The summed E-state index contributed by atoms with van der Waals surface area (Å²) in [6.45, 7) is 0. The Hall–Kier alpha value is -2.43. The molecule has 3 aromatic heterocycles. The van der Waals surface area contributed by atoms with Crippen LogP contribution in [0.4, 0.5) is 5.00 Å². The monoisotopic (exact) mass is 461 g/mol. The molecule has 0 atom stereocenters. The van der Waals surface area contributed by atoms with Gasteiger partial charge in [-0.15, -0.1) is 32.9 Å². The predicted molar refractivity (Wildman–Crippen MR) is 119 cm³/mol. The smallest absolute Gasteiger partial charge is 0.341 e. The van der Waals surface area contributed by atoms with Crippen LogP contribution >= 0.6 is 34.4 Å². The number of amides is 1. The molecule has 30 heavy (non-hydrogen) atoms. The van der Waals surface area contributed by atoms with E-state index in [4.69, 9.17) is 9.15 Å². The lowest BCUT2D eigenvalue weighted by atomic mass is 9.95. The van der Waals surface area contributed by atoms with Gasteiger partial charge in [0.1, 0.15) is 5.00 Å². The van der Waals surface area contributed by atoms with Gasteiger partial charge in [0, 0.05) is 15.8 Å². The molecule has 1 aliphatic rings. The number of aryl methyl sites for hydroxylation is 1. The minimum Gasteiger partial charge on any atom is -0.465 e. The van der Waals surface area contributed by atoms with E-state index in [-0.39, 0.29) is 11.7 Å². The first kappa shape index (κ1) is 20.8. The number of esters is 1. The summed E-state index contributed by atoms with van der Waals surface area (Å²) in [5.41, 5.74) is 1.51. The van der Waals surface area contributed by atoms with Crippen molar-refractivity contribution >= 4 is 63.5 Å². The third-order valence-electron chi connectivity index (χ3n) is 4.50. The molecule has 0 bridgehead atoms. The average Bonchev–Trinajstić information content (AvgIpc) is 3.49. The van der Waals surface area contributed by atoms with Gasteiger partial charge in [-0.1, -0.05) is 17.8 Å². The second-order valence-electron chi connectivity index (χ2n) is 6.50. The maximum atomic E-state index is 12.5. The fourth-order valence-corrected chi connectivity index (χ4v) is 5.63. The van der Waals surface area contributed by atoms with Crippen molar-refractivity contribution in [3.8, 4) is 0 Å². The Kier molecular flexibility index (Phi) is 6.66. The number of ether oxygens (including phenoxy) is 1. The van der Waals surface area contributed by atoms with E-state index in [9.17, 15) is 9.59 Å². The number of fused-ring (bicyclic) bond motifs is 1. The molecule has 0 fully saturated rings. The van der Waals surface area contributed by atoms with Crippen LogP contribution in [0.3, 0.4) is 0 Å². The molecule has 7 nitrogen and oxygen atoms in total. The number of thiophene rings is 2. The van der Waals surface area contributed by atoms with Crippen LogP contribution in [0.25, 0.3) is 12.2 Å². The van der Waals surface area contributed by atoms with E-state index < -0.39 is 5.97 Å². The summed E-state index contributed by atoms with van der Waals surface area (Å²) in [6, 6.07) is 3.95. The van der Waals surface area contributed by atoms with Crippen molar-refractivity contribution in [2.24, 2.45) is 0 Å². The molecule has 156 valence electrons. The number of aromatic nitrogens is 2. The largest absolute Gasteiger partial charge is 0.465 e. The Labute approximate surface area is 185 Å². The SMILES string of the molecule is COC(=O)c1c(NC(=O)CSc2nnc(C=Cc3cccs3)o2)sc2c1CCCC2. The van der Waals surface area contributed by atoms with Gasteiger partial charge in [-0.05, 0) is 48.8 Å². The third-order valence-corrected chi connectivity index (χ3v) is 7.36. The van der Waals surface area contributed by atoms with Crippen LogP contribution in [-0.4, -0.2) is 34.9 Å². The number of thioether (sulfide) groups is 1. The molecule has 1 aliphatic carbocycles. The second-order valence-corrected chi connectivity index (χ2v) is 9.51. The number of rotatable bonds is 7. The summed E-state index contributed by atoms with van der Waals surface area (Å²) in [4.78, 5) is 27.0. The van der Waals surface area contributed by atoms with Crippen LogP contribution in [-0.2, 0) is 22.4 Å². The van der Waals surface area contributed by atoms with Gasteiger partial charge in [0.15, 0.2) is 0 Å².